The molecule has 0 bridgehead atoms. The van der Waals surface area contributed by atoms with Gasteiger partial charge in [0.15, 0.2) is 0 Å². The fourth-order valence-electron chi connectivity index (χ4n) is 2.10. The number of nitrogens with zero attached hydrogens (tertiary/aromatic N) is 3. The molecule has 4 nitrogen and oxygen atoms in total. The minimum Gasteiger partial charge on any atom is -0.328 e. The van der Waals surface area contributed by atoms with E-state index in [-0.39, 0.29) is 6.04 Å². The summed E-state index contributed by atoms with van der Waals surface area (Å²) in [7, 11) is 0. The van der Waals surface area contributed by atoms with E-state index in [0.717, 1.165) is 29.3 Å². The third kappa shape index (κ3) is 2.67. The Labute approximate surface area is 115 Å². The lowest BCUT2D eigenvalue weighted by atomic mass is 10.2. The molecule has 5 heteroatoms. The van der Waals surface area contributed by atoms with Gasteiger partial charge in [-0.3, -0.25) is 0 Å². The third-order valence-corrected chi connectivity index (χ3v) is 3.97. The quantitative estimate of drug-likeness (QED) is 0.793. The molecule has 1 unspecified atom stereocenters. The SMILES string of the molecule is CC(N)Cc1nccn1Cc1nc2ccccc2s1. The van der Waals surface area contributed by atoms with Crippen molar-refractivity contribution >= 4 is 21.6 Å². The molecule has 1 aromatic carbocycles. The summed E-state index contributed by atoms with van der Waals surface area (Å²) < 4.78 is 3.35. The van der Waals surface area contributed by atoms with E-state index in [1.54, 1.807) is 11.3 Å². The Hall–Kier alpha value is -1.72. The summed E-state index contributed by atoms with van der Waals surface area (Å²) in [5.41, 5.74) is 6.91. The van der Waals surface area contributed by atoms with Gasteiger partial charge in [0.1, 0.15) is 10.8 Å². The van der Waals surface area contributed by atoms with Gasteiger partial charge in [-0.1, -0.05) is 12.1 Å². The van der Waals surface area contributed by atoms with Crippen molar-refractivity contribution in [3.05, 3.63) is 47.5 Å². The highest BCUT2D eigenvalue weighted by molar-refractivity contribution is 7.18. The Bertz CT molecular complexity index is 650. The van der Waals surface area contributed by atoms with Crippen LogP contribution >= 0.6 is 11.3 Å². The van der Waals surface area contributed by atoms with Crippen LogP contribution in [0.1, 0.15) is 17.8 Å². The molecule has 0 radical (unpaired) electrons. The fraction of sp³-hybridized carbons (Fsp3) is 0.286. The Balaban J connectivity index is 1.86. The summed E-state index contributed by atoms with van der Waals surface area (Å²) in [6.45, 7) is 2.76. The lowest BCUT2D eigenvalue weighted by Crippen LogP contribution is -2.20. The molecular weight excluding hydrogens is 256 g/mol. The first-order valence-corrected chi connectivity index (χ1v) is 7.14. The lowest BCUT2D eigenvalue weighted by Gasteiger charge is -2.07. The summed E-state index contributed by atoms with van der Waals surface area (Å²) in [5.74, 6) is 1.02. The lowest BCUT2D eigenvalue weighted by molar-refractivity contribution is 0.647. The molecule has 19 heavy (non-hydrogen) atoms. The molecule has 0 spiro atoms. The number of hydrogen-bond acceptors (Lipinski definition) is 4. The smallest absolute Gasteiger partial charge is 0.114 e. The highest BCUT2D eigenvalue weighted by Gasteiger charge is 2.08. The summed E-state index contributed by atoms with van der Waals surface area (Å²) in [6.07, 6.45) is 4.60. The first-order valence-electron chi connectivity index (χ1n) is 6.32. The average molecular weight is 272 g/mol. The zero-order valence-electron chi connectivity index (χ0n) is 10.8. The monoisotopic (exact) mass is 272 g/mol. The van der Waals surface area contributed by atoms with Crippen LogP contribution in [-0.4, -0.2) is 20.6 Å². The standard InChI is InChI=1S/C14H16N4S/c1-10(15)8-13-16-6-7-18(13)9-14-17-11-4-2-3-5-12(11)19-14/h2-7,10H,8-9,15H2,1H3. The molecule has 0 aliphatic heterocycles. The Morgan fingerprint density at radius 1 is 1.37 bits per heavy atom. The largest absolute Gasteiger partial charge is 0.328 e. The van der Waals surface area contributed by atoms with Gasteiger partial charge < -0.3 is 10.3 Å². The van der Waals surface area contributed by atoms with E-state index >= 15 is 0 Å². The molecule has 98 valence electrons. The van der Waals surface area contributed by atoms with Crippen LogP contribution < -0.4 is 5.73 Å². The van der Waals surface area contributed by atoms with E-state index in [1.807, 2.05) is 37.5 Å². The van der Waals surface area contributed by atoms with Crippen LogP contribution in [0.25, 0.3) is 10.2 Å². The van der Waals surface area contributed by atoms with Crippen molar-refractivity contribution in [2.45, 2.75) is 25.9 Å². The van der Waals surface area contributed by atoms with Crippen LogP contribution in [0.15, 0.2) is 36.7 Å². The van der Waals surface area contributed by atoms with Crippen LogP contribution in [0.4, 0.5) is 0 Å². The molecule has 0 amide bonds. The van der Waals surface area contributed by atoms with Crippen LogP contribution in [0, 0.1) is 0 Å². The minimum atomic E-state index is 0.122. The van der Waals surface area contributed by atoms with Crippen molar-refractivity contribution in [1.29, 1.82) is 0 Å². The van der Waals surface area contributed by atoms with Crippen molar-refractivity contribution in [1.82, 2.24) is 14.5 Å². The molecule has 0 saturated carbocycles. The second-order valence-electron chi connectivity index (χ2n) is 4.73. The molecule has 0 aliphatic carbocycles. The normalized spacial score (nSPS) is 12.9. The summed E-state index contributed by atoms with van der Waals surface area (Å²) >= 11 is 1.73. The van der Waals surface area contributed by atoms with E-state index in [0.29, 0.717) is 0 Å². The average Bonchev–Trinajstić information content (AvgIpc) is 2.95. The molecule has 0 saturated heterocycles. The highest BCUT2D eigenvalue weighted by atomic mass is 32.1. The van der Waals surface area contributed by atoms with Gasteiger partial charge >= 0.3 is 0 Å². The Kier molecular flexibility index (Phi) is 3.31. The van der Waals surface area contributed by atoms with Gasteiger partial charge in [-0.15, -0.1) is 11.3 Å². The highest BCUT2D eigenvalue weighted by Crippen LogP contribution is 2.22. The molecule has 1 atom stereocenters. The zero-order valence-corrected chi connectivity index (χ0v) is 11.6. The van der Waals surface area contributed by atoms with Crippen molar-refractivity contribution in [2.75, 3.05) is 0 Å². The zero-order chi connectivity index (χ0) is 13.2. The summed E-state index contributed by atoms with van der Waals surface area (Å²) in [4.78, 5) is 9.01. The number of fused-ring (bicyclic) bond motifs is 1. The first kappa shape index (κ1) is 12.3. The molecule has 2 N–H and O–H groups in total. The second-order valence-corrected chi connectivity index (χ2v) is 5.84. The van der Waals surface area contributed by atoms with Crippen LogP contribution in [0.2, 0.25) is 0 Å². The van der Waals surface area contributed by atoms with E-state index in [1.165, 1.54) is 4.70 Å². The van der Waals surface area contributed by atoms with Crippen molar-refractivity contribution in [2.24, 2.45) is 5.73 Å². The number of hydrogen-bond donors (Lipinski definition) is 1. The molecular formula is C14H16N4S. The summed E-state index contributed by atoms with van der Waals surface area (Å²) in [6, 6.07) is 8.34. The molecule has 3 aromatic rings. The van der Waals surface area contributed by atoms with Crippen molar-refractivity contribution in [3.8, 4) is 0 Å². The number of benzene rings is 1. The number of nitrogens with two attached hydrogens (primary N) is 1. The van der Waals surface area contributed by atoms with Crippen LogP contribution in [0.5, 0.6) is 0 Å². The van der Waals surface area contributed by atoms with Gasteiger partial charge in [-0.2, -0.15) is 0 Å². The molecule has 0 fully saturated rings. The van der Waals surface area contributed by atoms with Crippen LogP contribution in [0.3, 0.4) is 0 Å². The van der Waals surface area contributed by atoms with E-state index < -0.39 is 0 Å². The minimum absolute atomic E-state index is 0.122. The maximum absolute atomic E-state index is 5.84. The number of para-hydroxylation sites is 1. The molecule has 3 rings (SSSR count). The Morgan fingerprint density at radius 3 is 3.00 bits per heavy atom. The molecule has 2 heterocycles. The second kappa shape index (κ2) is 5.11. The van der Waals surface area contributed by atoms with E-state index in [4.69, 9.17) is 5.73 Å². The number of aromatic nitrogens is 3. The summed E-state index contributed by atoms with van der Waals surface area (Å²) in [5, 5.41) is 1.10. The van der Waals surface area contributed by atoms with Gasteiger partial charge in [0, 0.05) is 24.9 Å². The van der Waals surface area contributed by atoms with Gasteiger partial charge in [0.2, 0.25) is 0 Å². The van der Waals surface area contributed by atoms with Gasteiger partial charge in [0.05, 0.1) is 16.8 Å². The van der Waals surface area contributed by atoms with E-state index in [2.05, 4.69) is 20.6 Å². The molecule has 2 aromatic heterocycles. The van der Waals surface area contributed by atoms with Gasteiger partial charge in [0.25, 0.3) is 0 Å². The predicted molar refractivity (Wildman–Crippen MR) is 78.3 cm³/mol. The number of thiazole rings is 1. The maximum atomic E-state index is 5.84. The molecule has 0 aliphatic rings. The van der Waals surface area contributed by atoms with Crippen molar-refractivity contribution < 1.29 is 0 Å². The topological polar surface area (TPSA) is 56.7 Å². The predicted octanol–water partition coefficient (Wildman–Crippen LogP) is 2.43. The number of imidazole rings is 1. The maximum Gasteiger partial charge on any atom is 0.114 e. The van der Waals surface area contributed by atoms with Crippen molar-refractivity contribution in [3.63, 3.8) is 0 Å². The van der Waals surface area contributed by atoms with E-state index in [9.17, 15) is 0 Å². The first-order chi connectivity index (χ1) is 9.22. The van der Waals surface area contributed by atoms with Crippen LogP contribution in [-0.2, 0) is 13.0 Å². The Morgan fingerprint density at radius 2 is 2.21 bits per heavy atom. The number of rotatable bonds is 4. The van der Waals surface area contributed by atoms with Gasteiger partial charge in [-0.25, -0.2) is 9.97 Å². The third-order valence-electron chi connectivity index (χ3n) is 2.95. The van der Waals surface area contributed by atoms with Gasteiger partial charge in [-0.05, 0) is 19.1 Å². The fourth-order valence-corrected chi connectivity index (χ4v) is 3.06.